The Morgan fingerprint density at radius 2 is 1.58 bits per heavy atom. The molecule has 7 nitrogen and oxygen atoms in total. The van der Waals surface area contributed by atoms with Crippen LogP contribution in [0.2, 0.25) is 18.3 Å². The van der Waals surface area contributed by atoms with Crippen molar-refractivity contribution in [1.82, 2.24) is 9.97 Å². The molecule has 1 heterocycles. The Morgan fingerprint density at radius 3 is 2.14 bits per heavy atom. The van der Waals surface area contributed by atoms with Gasteiger partial charge in [0.25, 0.3) is 0 Å². The van der Waals surface area contributed by atoms with Gasteiger partial charge in [0.1, 0.15) is 0 Å². The van der Waals surface area contributed by atoms with Crippen molar-refractivity contribution in [3.63, 3.8) is 0 Å². The van der Waals surface area contributed by atoms with E-state index >= 15 is 0 Å². The zero-order chi connectivity index (χ0) is 26.3. The number of rotatable bonds is 13. The number of aromatic amines is 1. The van der Waals surface area contributed by atoms with Crippen LogP contribution in [0.5, 0.6) is 5.75 Å². The van der Waals surface area contributed by atoms with Gasteiger partial charge in [-0.3, -0.25) is 0 Å². The molecule has 36 heavy (non-hydrogen) atoms. The number of hydrogen-bond donors (Lipinski definition) is 3. The van der Waals surface area contributed by atoms with E-state index in [0.29, 0.717) is 15.9 Å². The summed E-state index contributed by atoms with van der Waals surface area (Å²) < 4.78 is 21.6. The Bertz CT molecular complexity index is 1270. The van der Waals surface area contributed by atoms with Crippen LogP contribution in [0.1, 0.15) is 59.3 Å². The van der Waals surface area contributed by atoms with E-state index in [9.17, 15) is 19.1 Å². The topological polar surface area (TPSA) is 113 Å². The second kappa shape index (κ2) is 12.9. The van der Waals surface area contributed by atoms with Gasteiger partial charge in [-0.15, -0.1) is 0 Å². The van der Waals surface area contributed by atoms with Gasteiger partial charge < -0.3 is 0 Å². The summed E-state index contributed by atoms with van der Waals surface area (Å²) in [5.74, 6) is 0.0321. The maximum atomic E-state index is 13.3. The van der Waals surface area contributed by atoms with Gasteiger partial charge in [-0.1, -0.05) is 0 Å². The Morgan fingerprint density at radius 1 is 0.972 bits per heavy atom. The molecule has 0 atom stereocenters. The van der Waals surface area contributed by atoms with Crippen molar-refractivity contribution >= 4 is 52.3 Å². The average molecular weight is 642 g/mol. The van der Waals surface area contributed by atoms with Crippen LogP contribution in [0.25, 0.3) is 22.3 Å². The summed E-state index contributed by atoms with van der Waals surface area (Å²) in [6.45, 7) is 6.73. The van der Waals surface area contributed by atoms with Crippen molar-refractivity contribution in [3.05, 3.63) is 51.8 Å². The molecule has 3 aromatic rings. The monoisotopic (exact) mass is 642 g/mol. The van der Waals surface area contributed by atoms with Crippen molar-refractivity contribution in [2.45, 2.75) is 72.6 Å². The Hall–Kier alpha value is -1.38. The van der Waals surface area contributed by atoms with Crippen LogP contribution in [-0.2, 0) is 4.57 Å². The fraction of sp³-hybridized carbons (Fsp3) is 0.462. The third-order valence-electron chi connectivity index (χ3n) is 6.76. The van der Waals surface area contributed by atoms with E-state index in [0.717, 1.165) is 0 Å². The van der Waals surface area contributed by atoms with Crippen LogP contribution in [0.15, 0.2) is 41.2 Å². The molecular formula is C26H36ClN2O5PSn. The molecule has 0 unspecified atom stereocenters. The van der Waals surface area contributed by atoms with E-state index in [4.69, 9.17) is 16.1 Å². The Labute approximate surface area is 221 Å². The van der Waals surface area contributed by atoms with Crippen LogP contribution in [-0.4, -0.2) is 38.1 Å². The van der Waals surface area contributed by atoms with E-state index < -0.39 is 26.2 Å². The molecule has 196 valence electrons. The molecule has 0 bridgehead atoms. The predicted molar refractivity (Wildman–Crippen MR) is 150 cm³/mol. The first-order chi connectivity index (χ1) is 17.1. The fourth-order valence-corrected chi connectivity index (χ4v) is 21.4. The molecule has 0 saturated heterocycles. The van der Waals surface area contributed by atoms with Crippen LogP contribution >= 0.6 is 19.4 Å². The number of phosphoric ester groups is 1. The standard InChI is InChI=1S/C14H9ClN2O5P.3C4H9.Sn/c15-8-5-6-12(22-23(19,20)21)10(7-8)13-16-11-4-2-1-3-9(11)14(18)17-13;3*1-3-4-2;/h2-7H,(H,16,17,18)(H2,19,20,21);3*1,3-4H2,2H3;. The molecule has 3 N–H and O–H groups in total. The minimum atomic E-state index is -4.82. The van der Waals surface area contributed by atoms with Gasteiger partial charge in [0.2, 0.25) is 0 Å². The van der Waals surface area contributed by atoms with E-state index in [1.54, 1.807) is 0 Å². The molecule has 0 amide bonds. The van der Waals surface area contributed by atoms with Gasteiger partial charge in [-0.25, -0.2) is 0 Å². The molecule has 0 aliphatic rings. The van der Waals surface area contributed by atoms with Gasteiger partial charge in [0.05, 0.1) is 0 Å². The van der Waals surface area contributed by atoms with Crippen LogP contribution in [0.3, 0.4) is 0 Å². The van der Waals surface area contributed by atoms with Gasteiger partial charge >= 0.3 is 223 Å². The number of nitrogens with zero attached hydrogens (tertiary/aromatic N) is 1. The van der Waals surface area contributed by atoms with E-state index in [1.165, 1.54) is 73.6 Å². The first kappa shape index (κ1) is 29.2. The van der Waals surface area contributed by atoms with Crippen LogP contribution in [0.4, 0.5) is 0 Å². The number of benzene rings is 2. The Balaban J connectivity index is 2.13. The summed E-state index contributed by atoms with van der Waals surface area (Å²) in [7, 11) is -4.82. The van der Waals surface area contributed by atoms with Crippen molar-refractivity contribution < 1.29 is 18.9 Å². The second-order valence-electron chi connectivity index (χ2n) is 9.46. The molecule has 0 saturated carbocycles. The summed E-state index contributed by atoms with van der Waals surface area (Å²) in [5, 5.41) is 0.865. The first-order valence-corrected chi connectivity index (χ1v) is 22.1. The number of H-pyrrole nitrogens is 1. The van der Waals surface area contributed by atoms with Gasteiger partial charge in [-0.05, 0) is 0 Å². The summed E-state index contributed by atoms with van der Waals surface area (Å²) in [6.07, 6.45) is 7.21. The third-order valence-corrected chi connectivity index (χ3v) is 23.0. The normalized spacial score (nSPS) is 12.3. The average Bonchev–Trinajstić information content (AvgIpc) is 2.84. The number of nitrogens with one attached hydrogen (secondary N) is 1. The molecule has 2 aromatic carbocycles. The van der Waals surface area contributed by atoms with E-state index in [2.05, 4.69) is 42.9 Å². The second-order valence-corrected chi connectivity index (χ2v) is 24.3. The van der Waals surface area contributed by atoms with Crippen molar-refractivity contribution in [1.29, 1.82) is 0 Å². The van der Waals surface area contributed by atoms with Crippen molar-refractivity contribution in [2.75, 3.05) is 0 Å². The molecule has 0 spiro atoms. The number of hydrogen-bond acceptors (Lipinski definition) is 4. The quantitative estimate of drug-likeness (QED) is 0.140. The number of phosphoric acid groups is 1. The molecule has 0 aliphatic carbocycles. The molecule has 0 radical (unpaired) electrons. The molecule has 10 heteroatoms. The zero-order valence-corrected chi connectivity index (χ0v) is 25.7. The number of aromatic nitrogens is 2. The van der Waals surface area contributed by atoms with Crippen molar-refractivity contribution in [2.24, 2.45) is 0 Å². The van der Waals surface area contributed by atoms with Gasteiger partial charge in [-0.2, -0.15) is 0 Å². The maximum absolute atomic E-state index is 13.3. The van der Waals surface area contributed by atoms with Crippen molar-refractivity contribution in [3.8, 4) is 17.1 Å². The van der Waals surface area contributed by atoms with Crippen LogP contribution < -0.4 is 13.7 Å². The fourth-order valence-electron chi connectivity index (χ4n) is 4.84. The summed E-state index contributed by atoms with van der Waals surface area (Å²) in [5.41, 5.74) is 0.443. The number of unbranched alkanes of at least 4 members (excludes halogenated alkanes) is 3. The number of fused-ring (bicyclic) bond motifs is 1. The van der Waals surface area contributed by atoms with Gasteiger partial charge in [0, 0.05) is 0 Å². The summed E-state index contributed by atoms with van der Waals surface area (Å²) >= 11 is 3.39. The minimum absolute atomic E-state index is 0.110. The SMILES string of the molecule is CCC[CH2][Sn]([CH2]CCC)([CH2]CCC)[c]1ccc2nc(-c3cc(Cl)ccc3OP(=O)(O)O)[nH]c(=O)c2c1. The zero-order valence-electron chi connectivity index (χ0n) is 21.2. The Kier molecular flexibility index (Phi) is 10.5. The molecule has 0 aliphatic heterocycles. The number of halogens is 1. The molecule has 3 rings (SSSR count). The third kappa shape index (κ3) is 7.35. The van der Waals surface area contributed by atoms with Crippen LogP contribution in [0, 0.1) is 0 Å². The first-order valence-electron chi connectivity index (χ1n) is 12.7. The van der Waals surface area contributed by atoms with E-state index in [1.807, 2.05) is 6.07 Å². The van der Waals surface area contributed by atoms with Gasteiger partial charge in [0.15, 0.2) is 0 Å². The van der Waals surface area contributed by atoms with E-state index in [-0.39, 0.29) is 22.7 Å². The summed E-state index contributed by atoms with van der Waals surface area (Å²) in [4.78, 5) is 39.3. The predicted octanol–water partition coefficient (Wildman–Crippen LogP) is 6.77. The molecule has 1 aromatic heterocycles. The summed E-state index contributed by atoms with van der Waals surface area (Å²) in [6, 6.07) is 10.5. The molecular weight excluding hydrogens is 605 g/mol. The molecule has 0 fully saturated rings.